The molecule has 2 N–H and O–H groups in total. The molecule has 1 aliphatic heterocycles. The summed E-state index contributed by atoms with van der Waals surface area (Å²) in [6.07, 6.45) is 4.84. The molecule has 5 heteroatoms. The van der Waals surface area contributed by atoms with Crippen molar-refractivity contribution >= 4 is 5.95 Å². The summed E-state index contributed by atoms with van der Waals surface area (Å²) in [6, 6.07) is 0. The van der Waals surface area contributed by atoms with E-state index in [4.69, 9.17) is 10.2 Å². The quantitative estimate of drug-likeness (QED) is 0.831. The molecule has 1 fully saturated rings. The Balaban J connectivity index is 2.08. The van der Waals surface area contributed by atoms with Crippen LogP contribution < -0.4 is 4.90 Å². The van der Waals surface area contributed by atoms with Crippen LogP contribution in [0.15, 0.2) is 6.20 Å². The fourth-order valence-corrected chi connectivity index (χ4v) is 2.45. The van der Waals surface area contributed by atoms with E-state index >= 15 is 0 Å². The van der Waals surface area contributed by atoms with Crippen LogP contribution in [0.2, 0.25) is 0 Å². The molecule has 18 heavy (non-hydrogen) atoms. The van der Waals surface area contributed by atoms with Gasteiger partial charge in [0, 0.05) is 37.2 Å². The molecule has 0 aliphatic carbocycles. The van der Waals surface area contributed by atoms with E-state index in [2.05, 4.69) is 14.9 Å². The molecule has 1 atom stereocenters. The highest BCUT2D eigenvalue weighted by Gasteiger charge is 2.21. The smallest absolute Gasteiger partial charge is 0.225 e. The number of hydrogen-bond donors (Lipinski definition) is 2. The molecular formula is C13H21N3O2. The minimum absolute atomic E-state index is 0.0146. The van der Waals surface area contributed by atoms with Crippen LogP contribution in [0.3, 0.4) is 0 Å². The van der Waals surface area contributed by atoms with Crippen LogP contribution in [0.25, 0.3) is 0 Å². The maximum Gasteiger partial charge on any atom is 0.225 e. The normalized spacial score (nSPS) is 20.2. The topological polar surface area (TPSA) is 69.5 Å². The molecule has 0 bridgehead atoms. The lowest BCUT2D eigenvalue weighted by molar-refractivity contribution is 0.243. The molecular weight excluding hydrogens is 230 g/mol. The summed E-state index contributed by atoms with van der Waals surface area (Å²) in [5.74, 6) is 1.28. The molecule has 0 aromatic carbocycles. The van der Waals surface area contributed by atoms with Crippen molar-refractivity contribution in [1.29, 1.82) is 0 Å². The summed E-state index contributed by atoms with van der Waals surface area (Å²) in [5, 5.41) is 18.1. The van der Waals surface area contributed by atoms with E-state index in [1.165, 1.54) is 6.42 Å². The van der Waals surface area contributed by atoms with Gasteiger partial charge in [0.1, 0.15) is 0 Å². The number of piperidine rings is 1. The Bertz CT molecular complexity index is 396. The second kappa shape index (κ2) is 6.11. The van der Waals surface area contributed by atoms with E-state index in [9.17, 15) is 0 Å². The number of rotatable bonds is 4. The number of aliphatic hydroxyl groups is 2. The lowest BCUT2D eigenvalue weighted by Gasteiger charge is -2.32. The third kappa shape index (κ3) is 2.97. The Morgan fingerprint density at radius 1 is 1.44 bits per heavy atom. The number of hydrogen-bond acceptors (Lipinski definition) is 5. The fourth-order valence-electron chi connectivity index (χ4n) is 2.45. The average Bonchev–Trinajstić information content (AvgIpc) is 2.39. The summed E-state index contributed by atoms with van der Waals surface area (Å²) in [7, 11) is 0. The van der Waals surface area contributed by atoms with Gasteiger partial charge in [-0.15, -0.1) is 0 Å². The summed E-state index contributed by atoms with van der Waals surface area (Å²) < 4.78 is 0. The van der Waals surface area contributed by atoms with E-state index in [1.54, 1.807) is 6.20 Å². The van der Waals surface area contributed by atoms with Crippen LogP contribution in [0, 0.1) is 12.8 Å². The Morgan fingerprint density at radius 2 is 2.28 bits per heavy atom. The second-order valence-corrected chi connectivity index (χ2v) is 4.91. The van der Waals surface area contributed by atoms with Gasteiger partial charge in [0.2, 0.25) is 5.95 Å². The van der Waals surface area contributed by atoms with Gasteiger partial charge in [-0.05, 0) is 32.1 Å². The van der Waals surface area contributed by atoms with E-state index in [0.29, 0.717) is 5.92 Å². The van der Waals surface area contributed by atoms with E-state index in [0.717, 1.165) is 43.1 Å². The van der Waals surface area contributed by atoms with Gasteiger partial charge in [0.15, 0.2) is 0 Å². The number of aromatic nitrogens is 2. The first-order valence-electron chi connectivity index (χ1n) is 6.53. The standard InChI is InChI=1S/C13H21N3O2/c1-10-12(9-18)7-14-13(15-10)16-5-2-3-11(8-16)4-6-17/h7,11,17-18H,2-6,8-9H2,1H3. The Kier molecular flexibility index (Phi) is 4.49. The zero-order valence-corrected chi connectivity index (χ0v) is 10.8. The predicted molar refractivity (Wildman–Crippen MR) is 69.3 cm³/mol. The Morgan fingerprint density at radius 3 is 2.94 bits per heavy atom. The highest BCUT2D eigenvalue weighted by Crippen LogP contribution is 2.22. The molecule has 0 saturated carbocycles. The fraction of sp³-hybridized carbons (Fsp3) is 0.692. The third-order valence-corrected chi connectivity index (χ3v) is 3.58. The largest absolute Gasteiger partial charge is 0.396 e. The molecule has 1 saturated heterocycles. The van der Waals surface area contributed by atoms with Crippen LogP contribution in [-0.4, -0.2) is 39.9 Å². The van der Waals surface area contributed by atoms with Gasteiger partial charge in [0.25, 0.3) is 0 Å². The van der Waals surface area contributed by atoms with Gasteiger partial charge in [-0.3, -0.25) is 0 Å². The maximum atomic E-state index is 9.11. The Hall–Kier alpha value is -1.20. The molecule has 2 rings (SSSR count). The molecule has 100 valence electrons. The Labute approximate surface area is 107 Å². The zero-order chi connectivity index (χ0) is 13.0. The average molecular weight is 251 g/mol. The summed E-state index contributed by atoms with van der Waals surface area (Å²) in [5.41, 5.74) is 1.62. The summed E-state index contributed by atoms with van der Waals surface area (Å²) in [6.45, 7) is 4.02. The number of aliphatic hydroxyl groups excluding tert-OH is 2. The molecule has 1 aromatic rings. The summed E-state index contributed by atoms with van der Waals surface area (Å²) >= 11 is 0. The van der Waals surface area contributed by atoms with Crippen molar-refractivity contribution in [2.45, 2.75) is 32.8 Å². The van der Waals surface area contributed by atoms with Gasteiger partial charge < -0.3 is 15.1 Å². The first kappa shape index (κ1) is 13.2. The minimum atomic E-state index is -0.0146. The highest BCUT2D eigenvalue weighted by atomic mass is 16.3. The van der Waals surface area contributed by atoms with Gasteiger partial charge in [-0.2, -0.15) is 0 Å². The van der Waals surface area contributed by atoms with Gasteiger partial charge in [-0.1, -0.05) is 0 Å². The van der Waals surface area contributed by atoms with Gasteiger partial charge in [-0.25, -0.2) is 9.97 Å². The van der Waals surface area contributed by atoms with Crippen molar-refractivity contribution in [3.05, 3.63) is 17.5 Å². The minimum Gasteiger partial charge on any atom is -0.396 e. The first-order valence-corrected chi connectivity index (χ1v) is 6.53. The van der Waals surface area contributed by atoms with Crippen molar-refractivity contribution < 1.29 is 10.2 Å². The van der Waals surface area contributed by atoms with Crippen LogP contribution in [-0.2, 0) is 6.61 Å². The molecule has 0 spiro atoms. The van der Waals surface area contributed by atoms with Crippen molar-refractivity contribution in [3.63, 3.8) is 0 Å². The number of aryl methyl sites for hydroxylation is 1. The third-order valence-electron chi connectivity index (χ3n) is 3.58. The van der Waals surface area contributed by atoms with Gasteiger partial charge in [0.05, 0.1) is 6.61 Å². The number of nitrogens with zero attached hydrogens (tertiary/aromatic N) is 3. The highest BCUT2D eigenvalue weighted by molar-refractivity contribution is 5.33. The molecule has 0 amide bonds. The zero-order valence-electron chi connectivity index (χ0n) is 10.8. The van der Waals surface area contributed by atoms with Crippen LogP contribution >= 0.6 is 0 Å². The molecule has 5 nitrogen and oxygen atoms in total. The SMILES string of the molecule is Cc1nc(N2CCCC(CCO)C2)ncc1CO. The van der Waals surface area contributed by atoms with Crippen molar-refractivity contribution in [1.82, 2.24) is 9.97 Å². The maximum absolute atomic E-state index is 9.11. The lowest BCUT2D eigenvalue weighted by atomic mass is 9.95. The van der Waals surface area contributed by atoms with E-state index < -0.39 is 0 Å². The van der Waals surface area contributed by atoms with Crippen molar-refractivity contribution in [3.8, 4) is 0 Å². The van der Waals surface area contributed by atoms with E-state index in [-0.39, 0.29) is 13.2 Å². The van der Waals surface area contributed by atoms with Crippen LogP contribution in [0.5, 0.6) is 0 Å². The molecule has 1 unspecified atom stereocenters. The van der Waals surface area contributed by atoms with Crippen molar-refractivity contribution in [2.24, 2.45) is 5.92 Å². The monoisotopic (exact) mass is 251 g/mol. The van der Waals surface area contributed by atoms with Crippen LogP contribution in [0.4, 0.5) is 5.95 Å². The second-order valence-electron chi connectivity index (χ2n) is 4.91. The molecule has 1 aromatic heterocycles. The lowest BCUT2D eigenvalue weighted by Crippen LogP contribution is -2.37. The van der Waals surface area contributed by atoms with Crippen molar-refractivity contribution in [2.75, 3.05) is 24.6 Å². The van der Waals surface area contributed by atoms with Crippen LogP contribution in [0.1, 0.15) is 30.5 Å². The predicted octanol–water partition coefficient (Wildman–Crippen LogP) is 0.876. The number of anilines is 1. The summed E-state index contributed by atoms with van der Waals surface area (Å²) in [4.78, 5) is 11.0. The van der Waals surface area contributed by atoms with E-state index in [1.807, 2.05) is 6.92 Å². The van der Waals surface area contributed by atoms with Gasteiger partial charge >= 0.3 is 0 Å². The molecule has 0 radical (unpaired) electrons. The molecule has 2 heterocycles. The molecule has 1 aliphatic rings. The first-order chi connectivity index (χ1) is 8.74.